The van der Waals surface area contributed by atoms with E-state index in [4.69, 9.17) is 10.2 Å². The number of nitrogens with one attached hydrogen (secondary N) is 2. The third kappa shape index (κ3) is 8.47. The van der Waals surface area contributed by atoms with Crippen molar-refractivity contribution in [2.45, 2.75) is 51.0 Å². The van der Waals surface area contributed by atoms with Gasteiger partial charge >= 0.3 is 0 Å². The van der Waals surface area contributed by atoms with E-state index < -0.39 is 0 Å². The maximum Gasteiger partial charge on any atom is 0.188 e. The van der Waals surface area contributed by atoms with Crippen molar-refractivity contribution < 1.29 is 68.0 Å². The molecule has 0 saturated carbocycles. The third-order valence-electron chi connectivity index (χ3n) is 3.74. The number of aliphatic hydroxyl groups is 2. The van der Waals surface area contributed by atoms with Crippen molar-refractivity contribution in [3.8, 4) is 0 Å². The van der Waals surface area contributed by atoms with Crippen LogP contribution in [0.25, 0.3) is 0 Å². The Morgan fingerprint density at radius 3 is 1.22 bits per heavy atom. The molecule has 2 saturated heterocycles. The van der Waals surface area contributed by atoms with E-state index in [0.717, 1.165) is 25.9 Å². The lowest BCUT2D eigenvalue weighted by atomic mass is 10.1. The van der Waals surface area contributed by atoms with Gasteiger partial charge in [0.1, 0.15) is 0 Å². The first kappa shape index (κ1) is 21.6. The quantitative estimate of drug-likeness (QED) is 0.258. The van der Waals surface area contributed by atoms with Crippen LogP contribution in [0.3, 0.4) is 0 Å². The zero-order valence-corrected chi connectivity index (χ0v) is 15.8. The van der Waals surface area contributed by atoms with Gasteiger partial charge in [-0.3, -0.25) is 0 Å². The highest BCUT2D eigenvalue weighted by Crippen LogP contribution is 1.99. The first-order chi connectivity index (χ1) is 7.61. The molecule has 0 spiro atoms. The Balaban J connectivity index is 0. The van der Waals surface area contributed by atoms with Gasteiger partial charge in [0.25, 0.3) is 0 Å². The average molecular weight is 486 g/mol. The van der Waals surface area contributed by atoms with E-state index in [9.17, 15) is 0 Å². The second-order valence-corrected chi connectivity index (χ2v) is 5.22. The first-order valence-corrected chi connectivity index (χ1v) is 6.62. The van der Waals surface area contributed by atoms with Crippen LogP contribution in [0.15, 0.2) is 0 Å². The van der Waals surface area contributed by atoms with Crippen molar-refractivity contribution in [2.24, 2.45) is 0 Å². The molecule has 0 aromatic heterocycles. The summed E-state index contributed by atoms with van der Waals surface area (Å²) in [5.74, 6) is 0. The minimum absolute atomic E-state index is 0. The maximum absolute atomic E-state index is 9.14. The first-order valence-electron chi connectivity index (χ1n) is 6.62. The molecule has 0 aromatic carbocycles. The van der Waals surface area contributed by atoms with Crippen LogP contribution in [0.1, 0.15) is 38.5 Å². The second-order valence-electron chi connectivity index (χ2n) is 5.22. The smallest absolute Gasteiger partial charge is 0.188 e. The van der Waals surface area contributed by atoms with E-state index in [1.807, 2.05) is 14.1 Å². The van der Waals surface area contributed by atoms with Crippen molar-refractivity contribution in [3.63, 3.8) is 0 Å². The molecule has 2 rings (SSSR count). The normalized spacial score (nSPS) is 35.3. The fraction of sp³-hybridized carbons (Fsp3) is 1.00. The molecule has 4 atom stereocenters. The Bertz CT molecular complexity index is 159. The molecule has 2 aliphatic rings. The van der Waals surface area contributed by atoms with Crippen LogP contribution in [-0.2, 0) is 0 Å². The summed E-state index contributed by atoms with van der Waals surface area (Å²) >= 11 is 0. The lowest BCUT2D eigenvalue weighted by Gasteiger charge is -2.24. The van der Waals surface area contributed by atoms with Crippen LogP contribution in [0, 0.1) is 0 Å². The van der Waals surface area contributed by atoms with Gasteiger partial charge in [-0.1, -0.05) is 0 Å². The number of likely N-dealkylation sites (tertiary alicyclic amines) is 2. The molecular formula is C12H28I2N2O2. The predicted octanol–water partition coefficient (Wildman–Crippen LogP) is -7.99. The Hall–Kier alpha value is 1.30. The highest BCUT2D eigenvalue weighted by molar-refractivity contribution is 4.48. The predicted molar refractivity (Wildman–Crippen MR) is 63.2 cm³/mol. The molecule has 2 aliphatic heterocycles. The molecule has 4 nitrogen and oxygen atoms in total. The van der Waals surface area contributed by atoms with E-state index in [-0.39, 0.29) is 60.4 Å². The zero-order valence-electron chi connectivity index (χ0n) is 11.5. The van der Waals surface area contributed by atoms with Gasteiger partial charge in [-0.25, -0.2) is 0 Å². The summed E-state index contributed by atoms with van der Waals surface area (Å²) in [6, 6.07) is 0. The molecule has 0 bridgehead atoms. The van der Waals surface area contributed by atoms with Crippen molar-refractivity contribution in [2.75, 3.05) is 27.2 Å². The fourth-order valence-electron chi connectivity index (χ4n) is 2.31. The van der Waals surface area contributed by atoms with Gasteiger partial charge < -0.3 is 68.0 Å². The van der Waals surface area contributed by atoms with Crippen molar-refractivity contribution >= 4 is 0 Å². The van der Waals surface area contributed by atoms with Crippen LogP contribution < -0.4 is 57.8 Å². The van der Waals surface area contributed by atoms with E-state index in [0.29, 0.717) is 0 Å². The molecule has 2 heterocycles. The third-order valence-corrected chi connectivity index (χ3v) is 3.74. The molecule has 6 heteroatoms. The van der Waals surface area contributed by atoms with Gasteiger partial charge in [-0.05, 0) is 25.7 Å². The van der Waals surface area contributed by atoms with Crippen LogP contribution in [-0.4, -0.2) is 49.9 Å². The largest absolute Gasteiger partial charge is 1.00 e. The van der Waals surface area contributed by atoms with Crippen LogP contribution in [0.5, 0.6) is 0 Å². The Kier molecular flexibility index (Phi) is 14.5. The summed E-state index contributed by atoms with van der Waals surface area (Å²) < 4.78 is 0. The lowest BCUT2D eigenvalue weighted by molar-refractivity contribution is -0.934. The summed E-state index contributed by atoms with van der Waals surface area (Å²) in [5.41, 5.74) is 0. The molecular weight excluding hydrogens is 458 g/mol. The zero-order chi connectivity index (χ0) is 12.0. The van der Waals surface area contributed by atoms with Gasteiger partial charge in [-0.15, -0.1) is 0 Å². The number of halogens is 2. The topological polar surface area (TPSA) is 49.3 Å². The van der Waals surface area contributed by atoms with Crippen LogP contribution in [0.2, 0.25) is 0 Å². The van der Waals surface area contributed by atoms with E-state index >= 15 is 0 Å². The Morgan fingerprint density at radius 2 is 1.06 bits per heavy atom. The number of aliphatic hydroxyl groups excluding tert-OH is 2. The van der Waals surface area contributed by atoms with Gasteiger partial charge in [0.2, 0.25) is 0 Å². The summed E-state index contributed by atoms with van der Waals surface area (Å²) in [5, 5.41) is 18.3. The highest BCUT2D eigenvalue weighted by Gasteiger charge is 2.18. The lowest BCUT2D eigenvalue weighted by Crippen LogP contribution is -3.13. The second kappa shape index (κ2) is 12.1. The highest BCUT2D eigenvalue weighted by atomic mass is 127. The van der Waals surface area contributed by atoms with Crippen molar-refractivity contribution in [3.05, 3.63) is 0 Å². The molecule has 2 fully saturated rings. The summed E-state index contributed by atoms with van der Waals surface area (Å²) in [4.78, 5) is 2.55. The molecule has 0 radical (unpaired) electrons. The molecule has 112 valence electrons. The van der Waals surface area contributed by atoms with Gasteiger partial charge in [-0.2, -0.15) is 0 Å². The molecule has 18 heavy (non-hydrogen) atoms. The summed E-state index contributed by atoms with van der Waals surface area (Å²) in [6.45, 7) is 2.28. The minimum Gasteiger partial charge on any atom is -1.00 e. The fourth-order valence-corrected chi connectivity index (χ4v) is 2.31. The van der Waals surface area contributed by atoms with E-state index in [2.05, 4.69) is 0 Å². The molecule has 0 aromatic rings. The number of piperidine rings is 2. The standard InChI is InChI=1S/2C6H13NO.2HI/c2*1-7-5-3-2-4-6(7)8;;/h2*6,8H,2-5H2,1H3;2*1H. The summed E-state index contributed by atoms with van der Waals surface area (Å²) in [6.07, 6.45) is 6.80. The number of hydrogen-bond acceptors (Lipinski definition) is 2. The van der Waals surface area contributed by atoms with Crippen LogP contribution in [0.4, 0.5) is 0 Å². The van der Waals surface area contributed by atoms with E-state index in [1.54, 1.807) is 0 Å². The Labute approximate surface area is 145 Å². The monoisotopic (exact) mass is 486 g/mol. The van der Waals surface area contributed by atoms with Crippen LogP contribution >= 0.6 is 0 Å². The van der Waals surface area contributed by atoms with Crippen molar-refractivity contribution in [1.82, 2.24) is 0 Å². The van der Waals surface area contributed by atoms with Gasteiger partial charge in [0, 0.05) is 12.8 Å². The number of hydrogen-bond donors (Lipinski definition) is 4. The maximum atomic E-state index is 9.14. The van der Waals surface area contributed by atoms with Crippen molar-refractivity contribution in [1.29, 1.82) is 0 Å². The molecule has 4 unspecified atom stereocenters. The molecule has 4 N–H and O–H groups in total. The molecule has 0 aliphatic carbocycles. The van der Waals surface area contributed by atoms with Gasteiger partial charge in [0.05, 0.1) is 27.2 Å². The van der Waals surface area contributed by atoms with Gasteiger partial charge in [0.15, 0.2) is 12.5 Å². The molecule has 0 amide bonds. The number of quaternary nitrogens is 2. The SMILES string of the molecule is C[NH+]1CCCCC1O.C[NH+]1CCCCC1O.[I-].[I-]. The summed E-state index contributed by atoms with van der Waals surface area (Å²) in [7, 11) is 4.09. The van der Waals surface area contributed by atoms with E-state index in [1.165, 1.54) is 35.5 Å². The minimum atomic E-state index is -0.0799. The average Bonchev–Trinajstić information content (AvgIpc) is 2.28. The Morgan fingerprint density at radius 1 is 0.722 bits per heavy atom. The number of rotatable bonds is 0.